The maximum absolute atomic E-state index is 13.1. The first-order valence-electron chi connectivity index (χ1n) is 9.94. The third-order valence-electron chi connectivity index (χ3n) is 5.31. The first-order valence-corrected chi connectivity index (χ1v) is 11.4. The van der Waals surface area contributed by atoms with Crippen LogP contribution in [0.15, 0.2) is 82.6 Å². The second kappa shape index (κ2) is 8.49. The molecule has 7 nitrogen and oxygen atoms in total. The summed E-state index contributed by atoms with van der Waals surface area (Å²) in [6.45, 7) is 1.63. The van der Waals surface area contributed by atoms with Gasteiger partial charge in [-0.1, -0.05) is 30.3 Å². The first-order chi connectivity index (χ1) is 16.0. The van der Waals surface area contributed by atoms with Gasteiger partial charge in [0.2, 0.25) is 5.88 Å². The summed E-state index contributed by atoms with van der Waals surface area (Å²) in [4.78, 5) is 16.4. The summed E-state index contributed by atoms with van der Waals surface area (Å²) in [7, 11) is -5.53. The van der Waals surface area contributed by atoms with Crippen molar-refractivity contribution in [2.75, 3.05) is 0 Å². The Hall–Kier alpha value is -3.86. The van der Waals surface area contributed by atoms with Gasteiger partial charge in [-0.2, -0.15) is 13.2 Å². The molecule has 0 fully saturated rings. The summed E-state index contributed by atoms with van der Waals surface area (Å²) in [5, 5.41) is 10.6. The summed E-state index contributed by atoms with van der Waals surface area (Å²) in [5.41, 5.74) is -3.50. The number of aromatic hydroxyl groups is 1. The number of nitrogens with zero attached hydrogens (tertiary/aromatic N) is 3. The minimum Gasteiger partial charge on any atom is -0.493 e. The van der Waals surface area contributed by atoms with Crippen LogP contribution < -0.4 is 5.69 Å². The number of pyridine rings is 1. The molecule has 1 N–H and O–H groups in total. The Kier molecular flexibility index (Phi) is 5.82. The molecule has 0 spiro atoms. The third-order valence-corrected chi connectivity index (χ3v) is 6.81. The van der Waals surface area contributed by atoms with E-state index in [4.69, 9.17) is 0 Å². The molecule has 0 saturated heterocycles. The van der Waals surface area contributed by atoms with Crippen molar-refractivity contribution in [2.45, 2.75) is 23.9 Å². The van der Waals surface area contributed by atoms with Gasteiger partial charge in [0.05, 0.1) is 28.5 Å². The summed E-state index contributed by atoms with van der Waals surface area (Å²) in [6, 6.07) is 16.5. The van der Waals surface area contributed by atoms with E-state index in [1.54, 1.807) is 12.3 Å². The Morgan fingerprint density at radius 3 is 2.26 bits per heavy atom. The molecule has 0 saturated carbocycles. The SMILES string of the molecule is Cc1c(O)n(-c2ccc(S(=O)(=O)C(F)(F)F)cc2)c(=O)n1Cc1ccnc(-c2ccccc2)c1. The maximum atomic E-state index is 13.1. The van der Waals surface area contributed by atoms with E-state index in [2.05, 4.69) is 4.98 Å². The molecule has 176 valence electrons. The molecular formula is C23H18F3N3O4S. The number of sulfone groups is 1. The van der Waals surface area contributed by atoms with Crippen LogP contribution in [0.5, 0.6) is 5.88 Å². The predicted octanol–water partition coefficient (Wildman–Crippen LogP) is 4.06. The topological polar surface area (TPSA) is 94.2 Å². The third kappa shape index (κ3) is 4.10. The minimum atomic E-state index is -5.53. The normalized spacial score (nSPS) is 12.1. The standard InChI is InChI=1S/C23H18F3N3O4S/c1-15-21(30)29(18-7-9-19(10-8-18)34(32,33)23(24,25)26)22(31)28(15)14-16-11-12-27-20(13-16)17-5-3-2-4-6-17/h2-13,30H,14H2,1H3. The van der Waals surface area contributed by atoms with E-state index in [9.17, 15) is 31.5 Å². The largest absolute Gasteiger partial charge is 0.501 e. The van der Waals surface area contributed by atoms with Gasteiger partial charge in [-0.25, -0.2) is 17.8 Å². The van der Waals surface area contributed by atoms with Gasteiger partial charge in [0.15, 0.2) is 0 Å². The number of alkyl halides is 3. The average molecular weight is 489 g/mol. The number of halogens is 3. The van der Waals surface area contributed by atoms with Crippen molar-refractivity contribution >= 4 is 9.84 Å². The number of hydrogen-bond donors (Lipinski definition) is 1. The van der Waals surface area contributed by atoms with Crippen LogP contribution in [-0.2, 0) is 16.4 Å². The van der Waals surface area contributed by atoms with E-state index >= 15 is 0 Å². The Labute approximate surface area is 192 Å². The number of benzene rings is 2. The van der Waals surface area contributed by atoms with E-state index in [1.807, 2.05) is 36.4 Å². The maximum Gasteiger partial charge on any atom is 0.501 e. The van der Waals surface area contributed by atoms with Crippen molar-refractivity contribution in [3.8, 4) is 22.8 Å². The van der Waals surface area contributed by atoms with Gasteiger partial charge in [-0.3, -0.25) is 9.55 Å². The molecule has 0 radical (unpaired) electrons. The zero-order valence-corrected chi connectivity index (χ0v) is 18.5. The Bertz CT molecular complexity index is 1510. The van der Waals surface area contributed by atoms with Crippen molar-refractivity contribution < 1.29 is 26.7 Å². The van der Waals surface area contributed by atoms with E-state index in [0.29, 0.717) is 5.69 Å². The quantitative estimate of drug-likeness (QED) is 0.456. The molecule has 2 heterocycles. The molecule has 0 aliphatic heterocycles. The number of rotatable bonds is 5. The molecule has 0 atom stereocenters. The van der Waals surface area contributed by atoms with E-state index in [1.165, 1.54) is 11.5 Å². The molecule has 34 heavy (non-hydrogen) atoms. The van der Waals surface area contributed by atoms with Gasteiger partial charge in [-0.15, -0.1) is 0 Å². The van der Waals surface area contributed by atoms with Crippen molar-refractivity contribution in [3.63, 3.8) is 0 Å². The number of aromatic nitrogens is 3. The molecule has 0 unspecified atom stereocenters. The second-order valence-electron chi connectivity index (χ2n) is 7.47. The van der Waals surface area contributed by atoms with Gasteiger partial charge in [0.1, 0.15) is 0 Å². The first kappa shape index (κ1) is 23.3. The molecule has 0 aliphatic rings. The molecule has 0 amide bonds. The van der Waals surface area contributed by atoms with Crippen LogP contribution in [0.25, 0.3) is 16.9 Å². The molecule has 4 rings (SSSR count). The zero-order chi connectivity index (χ0) is 24.7. The van der Waals surface area contributed by atoms with Crippen molar-refractivity contribution in [2.24, 2.45) is 0 Å². The highest BCUT2D eigenvalue weighted by molar-refractivity contribution is 7.92. The van der Waals surface area contributed by atoms with E-state index in [0.717, 1.165) is 40.0 Å². The van der Waals surface area contributed by atoms with Crippen LogP contribution in [-0.4, -0.2) is 33.2 Å². The lowest BCUT2D eigenvalue weighted by molar-refractivity contribution is -0.0436. The van der Waals surface area contributed by atoms with Gasteiger partial charge < -0.3 is 5.11 Å². The van der Waals surface area contributed by atoms with Crippen LogP contribution in [0, 0.1) is 6.92 Å². The van der Waals surface area contributed by atoms with Crippen molar-refractivity contribution in [1.82, 2.24) is 14.1 Å². The highest BCUT2D eigenvalue weighted by Crippen LogP contribution is 2.31. The summed E-state index contributed by atoms with van der Waals surface area (Å²) in [6.07, 6.45) is 1.61. The lowest BCUT2D eigenvalue weighted by Gasteiger charge is -2.09. The highest BCUT2D eigenvalue weighted by Gasteiger charge is 2.46. The zero-order valence-electron chi connectivity index (χ0n) is 17.7. The van der Waals surface area contributed by atoms with Gasteiger partial charge in [0, 0.05) is 11.8 Å². The minimum absolute atomic E-state index is 0.0187. The predicted molar refractivity (Wildman–Crippen MR) is 118 cm³/mol. The smallest absolute Gasteiger partial charge is 0.493 e. The van der Waals surface area contributed by atoms with Crippen molar-refractivity contribution in [3.05, 3.63) is 94.7 Å². The van der Waals surface area contributed by atoms with Crippen LogP contribution in [0.4, 0.5) is 13.2 Å². The fourth-order valence-corrected chi connectivity index (χ4v) is 4.25. The van der Waals surface area contributed by atoms with Crippen molar-refractivity contribution in [1.29, 1.82) is 0 Å². The summed E-state index contributed by atoms with van der Waals surface area (Å²) in [5.74, 6) is -0.409. The number of imidazole rings is 1. The Balaban J connectivity index is 1.69. The highest BCUT2D eigenvalue weighted by atomic mass is 32.2. The molecule has 0 aliphatic carbocycles. The van der Waals surface area contributed by atoms with E-state index in [-0.39, 0.29) is 17.9 Å². The molecule has 11 heteroatoms. The molecular weight excluding hydrogens is 471 g/mol. The summed E-state index contributed by atoms with van der Waals surface area (Å²) < 4.78 is 63.7. The summed E-state index contributed by atoms with van der Waals surface area (Å²) >= 11 is 0. The van der Waals surface area contributed by atoms with Crippen LogP contribution in [0.3, 0.4) is 0 Å². The Morgan fingerprint density at radius 2 is 1.65 bits per heavy atom. The van der Waals surface area contributed by atoms with E-state index < -0.39 is 31.8 Å². The monoisotopic (exact) mass is 489 g/mol. The lowest BCUT2D eigenvalue weighted by Crippen LogP contribution is -2.25. The molecule has 2 aromatic carbocycles. The van der Waals surface area contributed by atoms with Gasteiger partial charge in [-0.05, 0) is 48.9 Å². The Morgan fingerprint density at radius 1 is 1.00 bits per heavy atom. The van der Waals surface area contributed by atoms with Gasteiger partial charge in [0.25, 0.3) is 9.84 Å². The molecule has 4 aromatic rings. The molecule has 0 bridgehead atoms. The fraction of sp³-hybridized carbons (Fsp3) is 0.130. The molecule has 2 aromatic heterocycles. The lowest BCUT2D eigenvalue weighted by atomic mass is 10.1. The van der Waals surface area contributed by atoms with Crippen LogP contribution in [0.2, 0.25) is 0 Å². The fourth-order valence-electron chi connectivity index (χ4n) is 3.49. The van der Waals surface area contributed by atoms with Crippen LogP contribution >= 0.6 is 0 Å². The van der Waals surface area contributed by atoms with Crippen LogP contribution in [0.1, 0.15) is 11.3 Å². The average Bonchev–Trinajstić information content (AvgIpc) is 3.02. The van der Waals surface area contributed by atoms with Gasteiger partial charge >= 0.3 is 11.2 Å². The number of hydrogen-bond acceptors (Lipinski definition) is 5. The second-order valence-corrected chi connectivity index (χ2v) is 9.41.